The first-order chi connectivity index (χ1) is 7.88. The molecule has 1 aromatic heterocycles. The van der Waals surface area contributed by atoms with Crippen LogP contribution in [0.25, 0.3) is 0 Å². The highest BCUT2D eigenvalue weighted by molar-refractivity contribution is 5.84. The number of carbonyl (C=O) groups is 1. The van der Waals surface area contributed by atoms with E-state index in [0.29, 0.717) is 0 Å². The highest BCUT2D eigenvalue weighted by atomic mass is 19.4. The number of aromatic carboxylic acids is 1. The monoisotopic (exact) mass is 250 g/mol. The van der Waals surface area contributed by atoms with Gasteiger partial charge in [0.25, 0.3) is 0 Å². The van der Waals surface area contributed by atoms with E-state index in [0.717, 1.165) is 12.4 Å². The Morgan fingerprint density at radius 1 is 1.41 bits per heavy atom. The van der Waals surface area contributed by atoms with Crippen molar-refractivity contribution in [3.05, 3.63) is 18.1 Å². The fourth-order valence-electron chi connectivity index (χ4n) is 0.970. The number of ether oxygens (including phenoxy) is 1. The first-order valence-corrected chi connectivity index (χ1v) is 4.63. The van der Waals surface area contributed by atoms with Crippen molar-refractivity contribution in [2.45, 2.75) is 19.0 Å². The zero-order chi connectivity index (χ0) is 12.9. The molecule has 0 aliphatic rings. The predicted molar refractivity (Wildman–Crippen MR) is 49.8 cm³/mol. The van der Waals surface area contributed by atoms with Crippen LogP contribution in [-0.4, -0.2) is 33.8 Å². The second-order valence-corrected chi connectivity index (χ2v) is 3.11. The molecular formula is C9H9F3N2O3. The highest BCUT2D eigenvalue weighted by Crippen LogP contribution is 2.21. The van der Waals surface area contributed by atoms with Crippen molar-refractivity contribution >= 4 is 5.97 Å². The van der Waals surface area contributed by atoms with Crippen molar-refractivity contribution in [1.82, 2.24) is 9.97 Å². The third-order valence-corrected chi connectivity index (χ3v) is 1.69. The van der Waals surface area contributed by atoms with Crippen LogP contribution in [-0.2, 0) is 0 Å². The first kappa shape index (κ1) is 13.2. The Balaban J connectivity index is 2.42. The van der Waals surface area contributed by atoms with Crippen LogP contribution >= 0.6 is 0 Å². The van der Waals surface area contributed by atoms with E-state index < -0.39 is 18.6 Å². The van der Waals surface area contributed by atoms with E-state index in [2.05, 4.69) is 9.97 Å². The third-order valence-electron chi connectivity index (χ3n) is 1.69. The molecule has 1 heterocycles. The lowest BCUT2D eigenvalue weighted by atomic mass is 10.3. The molecule has 8 heteroatoms. The van der Waals surface area contributed by atoms with Gasteiger partial charge < -0.3 is 9.84 Å². The third kappa shape index (κ3) is 5.14. The minimum atomic E-state index is -4.22. The summed E-state index contributed by atoms with van der Waals surface area (Å²) in [5.41, 5.74) is -0.321. The van der Waals surface area contributed by atoms with Crippen molar-refractivity contribution in [3.8, 4) is 5.88 Å². The predicted octanol–water partition coefficient (Wildman–Crippen LogP) is 1.90. The number of aromatic nitrogens is 2. The lowest BCUT2D eigenvalue weighted by molar-refractivity contribution is -0.136. The van der Waals surface area contributed by atoms with Crippen LogP contribution in [0.4, 0.5) is 13.2 Å². The molecule has 1 rings (SSSR count). The molecule has 94 valence electrons. The van der Waals surface area contributed by atoms with E-state index >= 15 is 0 Å². The molecule has 1 N–H and O–H groups in total. The van der Waals surface area contributed by atoms with Gasteiger partial charge in [-0.25, -0.2) is 9.78 Å². The number of alkyl halides is 3. The quantitative estimate of drug-likeness (QED) is 0.808. The molecular weight excluding hydrogens is 241 g/mol. The van der Waals surface area contributed by atoms with Crippen molar-refractivity contribution in [1.29, 1.82) is 0 Å². The number of hydrogen-bond donors (Lipinski definition) is 1. The smallest absolute Gasteiger partial charge is 0.389 e. The van der Waals surface area contributed by atoms with Crippen LogP contribution in [0.1, 0.15) is 23.3 Å². The fraction of sp³-hybridized carbons (Fsp3) is 0.444. The molecule has 0 unspecified atom stereocenters. The molecule has 0 amide bonds. The van der Waals surface area contributed by atoms with E-state index in [-0.39, 0.29) is 24.6 Å². The lowest BCUT2D eigenvalue weighted by Crippen LogP contribution is -2.10. The lowest BCUT2D eigenvalue weighted by Gasteiger charge is -2.07. The number of nitrogens with zero attached hydrogens (tertiary/aromatic N) is 2. The number of hydrogen-bond acceptors (Lipinski definition) is 4. The standard InChI is InChI=1S/C9H9F3N2O3/c10-9(11,12)2-1-3-17-7-5-13-4-6(14-7)8(15)16/h4-5H,1-3H2,(H,15,16). The maximum atomic E-state index is 11.8. The summed E-state index contributed by atoms with van der Waals surface area (Å²) in [6, 6.07) is 0. The van der Waals surface area contributed by atoms with Crippen molar-refractivity contribution in [3.63, 3.8) is 0 Å². The fourth-order valence-corrected chi connectivity index (χ4v) is 0.970. The zero-order valence-electron chi connectivity index (χ0n) is 8.57. The molecule has 0 aliphatic carbocycles. The van der Waals surface area contributed by atoms with Gasteiger partial charge in [0.15, 0.2) is 5.69 Å². The van der Waals surface area contributed by atoms with Gasteiger partial charge in [-0.3, -0.25) is 4.98 Å². The van der Waals surface area contributed by atoms with E-state index in [1.54, 1.807) is 0 Å². The molecule has 0 atom stereocenters. The molecule has 0 radical (unpaired) electrons. The SMILES string of the molecule is O=C(O)c1cncc(OCCCC(F)(F)F)n1. The van der Waals surface area contributed by atoms with Crippen LogP contribution < -0.4 is 4.74 Å². The average Bonchev–Trinajstić information content (AvgIpc) is 2.23. The maximum Gasteiger partial charge on any atom is 0.389 e. The Morgan fingerprint density at radius 2 is 2.12 bits per heavy atom. The maximum absolute atomic E-state index is 11.8. The van der Waals surface area contributed by atoms with Gasteiger partial charge in [-0.2, -0.15) is 13.2 Å². The molecule has 5 nitrogen and oxygen atoms in total. The summed E-state index contributed by atoms with van der Waals surface area (Å²) >= 11 is 0. The Kier molecular flexibility index (Phi) is 4.24. The Bertz CT molecular complexity index is 395. The topological polar surface area (TPSA) is 72.3 Å². The molecule has 0 aliphatic heterocycles. The minimum absolute atomic E-state index is 0.105. The van der Waals surface area contributed by atoms with Gasteiger partial charge >= 0.3 is 12.1 Å². The van der Waals surface area contributed by atoms with Crippen LogP contribution in [0.3, 0.4) is 0 Å². The summed E-state index contributed by atoms with van der Waals surface area (Å²) in [6.07, 6.45) is -3.25. The molecule has 0 bridgehead atoms. The largest absolute Gasteiger partial charge is 0.477 e. The molecule has 0 fully saturated rings. The second-order valence-electron chi connectivity index (χ2n) is 3.11. The molecule has 17 heavy (non-hydrogen) atoms. The van der Waals surface area contributed by atoms with Crippen LogP contribution in [0.5, 0.6) is 5.88 Å². The van der Waals surface area contributed by atoms with Gasteiger partial charge in [0, 0.05) is 6.42 Å². The van der Waals surface area contributed by atoms with Crippen molar-refractivity contribution in [2.75, 3.05) is 6.61 Å². The Hall–Kier alpha value is -1.86. The van der Waals surface area contributed by atoms with Crippen LogP contribution in [0.15, 0.2) is 12.4 Å². The van der Waals surface area contributed by atoms with Crippen LogP contribution in [0, 0.1) is 0 Å². The molecule has 0 spiro atoms. The van der Waals surface area contributed by atoms with Gasteiger partial charge in [0.2, 0.25) is 5.88 Å². The Morgan fingerprint density at radius 3 is 2.71 bits per heavy atom. The van der Waals surface area contributed by atoms with E-state index in [1.807, 2.05) is 0 Å². The highest BCUT2D eigenvalue weighted by Gasteiger charge is 2.26. The molecule has 0 saturated heterocycles. The van der Waals surface area contributed by atoms with Gasteiger partial charge in [0.1, 0.15) is 0 Å². The van der Waals surface area contributed by atoms with Crippen molar-refractivity contribution < 1.29 is 27.8 Å². The average molecular weight is 250 g/mol. The molecule has 0 aromatic carbocycles. The number of carboxylic acids is 1. The van der Waals surface area contributed by atoms with Gasteiger partial charge in [-0.1, -0.05) is 0 Å². The van der Waals surface area contributed by atoms with Gasteiger partial charge in [0.05, 0.1) is 19.0 Å². The summed E-state index contributed by atoms with van der Waals surface area (Å²) < 4.78 is 40.2. The van der Waals surface area contributed by atoms with E-state index in [9.17, 15) is 18.0 Å². The normalized spacial score (nSPS) is 11.2. The molecule has 1 aromatic rings. The number of halogens is 3. The zero-order valence-corrected chi connectivity index (χ0v) is 8.57. The van der Waals surface area contributed by atoms with Crippen LogP contribution in [0.2, 0.25) is 0 Å². The van der Waals surface area contributed by atoms with Gasteiger partial charge in [-0.15, -0.1) is 0 Å². The summed E-state index contributed by atoms with van der Waals surface area (Å²) in [6.45, 7) is -0.197. The number of carboxylic acid groups (broad SMARTS) is 1. The summed E-state index contributed by atoms with van der Waals surface area (Å²) in [5.74, 6) is -1.38. The van der Waals surface area contributed by atoms with Gasteiger partial charge in [-0.05, 0) is 6.42 Å². The minimum Gasteiger partial charge on any atom is -0.477 e. The summed E-state index contributed by atoms with van der Waals surface area (Å²) in [7, 11) is 0. The summed E-state index contributed by atoms with van der Waals surface area (Å²) in [5, 5.41) is 8.58. The van der Waals surface area contributed by atoms with Crippen molar-refractivity contribution in [2.24, 2.45) is 0 Å². The second kappa shape index (κ2) is 5.46. The van der Waals surface area contributed by atoms with E-state index in [1.165, 1.54) is 0 Å². The first-order valence-electron chi connectivity index (χ1n) is 4.63. The van der Waals surface area contributed by atoms with E-state index in [4.69, 9.17) is 9.84 Å². The number of rotatable bonds is 5. The Labute approximate surface area is 94.3 Å². The molecule has 0 saturated carbocycles. The summed E-state index contributed by atoms with van der Waals surface area (Å²) in [4.78, 5) is 17.6.